The van der Waals surface area contributed by atoms with E-state index in [4.69, 9.17) is 19.0 Å². The maximum Gasteiger partial charge on any atom is 0.218 e. The van der Waals surface area contributed by atoms with Crippen molar-refractivity contribution in [3.05, 3.63) is 59.7 Å². The van der Waals surface area contributed by atoms with Gasteiger partial charge in [-0.25, -0.2) is 13.1 Å². The molecule has 3 rings (SSSR count). The van der Waals surface area contributed by atoms with E-state index in [1.807, 2.05) is 36.4 Å². The molecular weight excluding hydrogens is 408 g/mol. The molecule has 1 aliphatic rings. The van der Waals surface area contributed by atoms with Crippen molar-refractivity contribution in [1.82, 2.24) is 9.79 Å². The monoisotopic (exact) mass is 436 g/mol. The van der Waals surface area contributed by atoms with Crippen molar-refractivity contribution in [3.63, 3.8) is 0 Å². The van der Waals surface area contributed by atoms with Crippen LogP contribution in [0, 0.1) is 0 Å². The van der Waals surface area contributed by atoms with Crippen LogP contribution in [-0.4, -0.2) is 59.8 Å². The fraction of sp³-hybridized carbons (Fsp3) is 0.429. The van der Waals surface area contributed by atoms with E-state index in [1.54, 1.807) is 31.4 Å². The molecule has 0 radical (unpaired) electrons. The van der Waals surface area contributed by atoms with E-state index in [-0.39, 0.29) is 13.2 Å². The fourth-order valence-corrected chi connectivity index (χ4v) is 4.89. The predicted molar refractivity (Wildman–Crippen MR) is 113 cm³/mol. The minimum absolute atomic E-state index is 0.0675. The summed E-state index contributed by atoms with van der Waals surface area (Å²) < 4.78 is 44.5. The Balaban J connectivity index is 1.79. The molecule has 0 aromatic heterocycles. The molecule has 2 atom stereocenters. The minimum Gasteiger partial charge on any atom is -0.493 e. The van der Waals surface area contributed by atoms with Gasteiger partial charge in [-0.2, -0.15) is 5.06 Å². The maximum absolute atomic E-state index is 12.8. The second kappa shape index (κ2) is 10.2. The molecule has 0 spiro atoms. The molecule has 2 unspecified atom stereocenters. The summed E-state index contributed by atoms with van der Waals surface area (Å²) in [5, 5.41) is 0.805. The normalized spacial score (nSPS) is 19.7. The van der Waals surface area contributed by atoms with Gasteiger partial charge in [0.25, 0.3) is 0 Å². The number of nitrogens with one attached hydrogen (secondary N) is 1. The second-order valence-corrected chi connectivity index (χ2v) is 8.93. The van der Waals surface area contributed by atoms with Crippen molar-refractivity contribution < 1.29 is 27.5 Å². The molecule has 1 N–H and O–H groups in total. The average Bonchev–Trinajstić information content (AvgIpc) is 3.15. The first-order valence-electron chi connectivity index (χ1n) is 9.64. The van der Waals surface area contributed by atoms with Crippen LogP contribution in [-0.2, 0) is 26.2 Å². The third-order valence-corrected chi connectivity index (χ3v) is 6.76. The van der Waals surface area contributed by atoms with Crippen LogP contribution >= 0.6 is 0 Å². The molecule has 0 bridgehead atoms. The molecule has 0 amide bonds. The number of sulfonamides is 1. The minimum atomic E-state index is -3.61. The first-order valence-corrected chi connectivity index (χ1v) is 11.2. The Kier molecular flexibility index (Phi) is 7.68. The summed E-state index contributed by atoms with van der Waals surface area (Å²) in [6.45, 7) is 0.984. The van der Waals surface area contributed by atoms with Gasteiger partial charge in [0.2, 0.25) is 10.0 Å². The van der Waals surface area contributed by atoms with Crippen molar-refractivity contribution in [1.29, 1.82) is 0 Å². The van der Waals surface area contributed by atoms with Crippen molar-refractivity contribution in [2.24, 2.45) is 0 Å². The summed E-state index contributed by atoms with van der Waals surface area (Å²) in [7, 11) is 1.20. The highest BCUT2D eigenvalue weighted by Gasteiger charge is 2.43. The molecule has 0 saturated carbocycles. The summed E-state index contributed by atoms with van der Waals surface area (Å²) >= 11 is 0. The van der Waals surface area contributed by atoms with Crippen molar-refractivity contribution in [2.75, 3.05) is 41.0 Å². The van der Waals surface area contributed by atoms with Gasteiger partial charge in [-0.05, 0) is 23.3 Å². The average molecular weight is 437 g/mol. The zero-order valence-electron chi connectivity index (χ0n) is 17.4. The van der Waals surface area contributed by atoms with Gasteiger partial charge in [0.1, 0.15) is 11.9 Å². The fourth-order valence-electron chi connectivity index (χ4n) is 3.40. The van der Waals surface area contributed by atoms with E-state index < -0.39 is 21.3 Å². The summed E-state index contributed by atoms with van der Waals surface area (Å²) in [5.74, 6) is 1.12. The van der Waals surface area contributed by atoms with Crippen molar-refractivity contribution in [3.8, 4) is 11.5 Å². The molecular formula is C21H28N2O6S. The predicted octanol–water partition coefficient (Wildman–Crippen LogP) is 2.13. The van der Waals surface area contributed by atoms with Crippen LogP contribution in [0.2, 0.25) is 0 Å². The van der Waals surface area contributed by atoms with Crippen LogP contribution < -0.4 is 14.2 Å². The number of methoxy groups -OCH3 is 2. The molecule has 8 nitrogen and oxygen atoms in total. The Hall–Kier alpha value is -2.17. The quantitative estimate of drug-likeness (QED) is 0.571. The van der Waals surface area contributed by atoms with Gasteiger partial charge >= 0.3 is 0 Å². The zero-order valence-corrected chi connectivity index (χ0v) is 18.2. The highest BCUT2D eigenvalue weighted by Crippen LogP contribution is 2.38. The van der Waals surface area contributed by atoms with Crippen LogP contribution in [0.1, 0.15) is 17.2 Å². The van der Waals surface area contributed by atoms with E-state index in [1.165, 1.54) is 7.11 Å². The molecule has 164 valence electrons. The van der Waals surface area contributed by atoms with Gasteiger partial charge in [0.15, 0.2) is 11.5 Å². The highest BCUT2D eigenvalue weighted by atomic mass is 32.2. The smallest absolute Gasteiger partial charge is 0.218 e. The molecule has 2 aromatic rings. The Morgan fingerprint density at radius 3 is 2.60 bits per heavy atom. The Morgan fingerprint density at radius 2 is 1.90 bits per heavy atom. The molecule has 2 aromatic carbocycles. The van der Waals surface area contributed by atoms with Crippen molar-refractivity contribution in [2.45, 2.75) is 17.9 Å². The molecule has 1 heterocycles. The third kappa shape index (κ3) is 5.30. The topological polar surface area (TPSA) is 86.3 Å². The molecule has 1 aliphatic heterocycles. The van der Waals surface area contributed by atoms with E-state index in [9.17, 15) is 8.42 Å². The number of nitrogens with zero attached hydrogens (tertiary/aromatic N) is 1. The van der Waals surface area contributed by atoms with Gasteiger partial charge in [0, 0.05) is 20.7 Å². The summed E-state index contributed by atoms with van der Waals surface area (Å²) in [6.07, 6.45) is 0. The van der Waals surface area contributed by atoms with Gasteiger partial charge in [-0.3, -0.25) is 4.84 Å². The molecule has 30 heavy (non-hydrogen) atoms. The van der Waals surface area contributed by atoms with Crippen LogP contribution in [0.3, 0.4) is 0 Å². The number of benzene rings is 2. The number of rotatable bonds is 10. The van der Waals surface area contributed by atoms with Crippen LogP contribution in [0.4, 0.5) is 0 Å². The summed E-state index contributed by atoms with van der Waals surface area (Å²) in [6, 6.07) is 14.8. The standard InChI is InChI=1S/C21H28N2O6S/c1-23-21(20(15-29-23)30(24,25)22-11-12-26-2)17-9-10-18(19(13-17)27-3)28-14-16-7-5-4-6-8-16/h4-10,13,20-22H,11-12,14-15H2,1-3H3. The number of hydrogen-bond acceptors (Lipinski definition) is 7. The lowest BCUT2D eigenvalue weighted by Crippen LogP contribution is -2.40. The van der Waals surface area contributed by atoms with Gasteiger partial charge in [0.05, 0.1) is 26.4 Å². The van der Waals surface area contributed by atoms with E-state index in [0.717, 1.165) is 11.1 Å². The van der Waals surface area contributed by atoms with Crippen LogP contribution in [0.25, 0.3) is 0 Å². The first-order chi connectivity index (χ1) is 14.5. The molecule has 0 aliphatic carbocycles. The first kappa shape index (κ1) is 22.5. The SMILES string of the molecule is COCCNS(=O)(=O)C1CON(C)C1c1ccc(OCc2ccccc2)c(OC)c1. The second-order valence-electron chi connectivity index (χ2n) is 6.94. The largest absolute Gasteiger partial charge is 0.493 e. The molecule has 1 fully saturated rings. The molecule has 9 heteroatoms. The third-order valence-electron chi connectivity index (χ3n) is 4.96. The highest BCUT2D eigenvalue weighted by molar-refractivity contribution is 7.90. The lowest BCUT2D eigenvalue weighted by atomic mass is 10.0. The van der Waals surface area contributed by atoms with Gasteiger partial charge in [-0.1, -0.05) is 36.4 Å². The van der Waals surface area contributed by atoms with Crippen LogP contribution in [0.5, 0.6) is 11.5 Å². The number of hydrogen-bond donors (Lipinski definition) is 1. The van der Waals surface area contributed by atoms with Crippen molar-refractivity contribution >= 4 is 10.0 Å². The Morgan fingerprint density at radius 1 is 1.13 bits per heavy atom. The lowest BCUT2D eigenvalue weighted by Gasteiger charge is -2.24. The van der Waals surface area contributed by atoms with Crippen LogP contribution in [0.15, 0.2) is 48.5 Å². The summed E-state index contributed by atoms with van der Waals surface area (Å²) in [4.78, 5) is 5.55. The summed E-state index contributed by atoms with van der Waals surface area (Å²) in [5.41, 5.74) is 1.81. The van der Waals surface area contributed by atoms with E-state index >= 15 is 0 Å². The number of ether oxygens (including phenoxy) is 3. The molecule has 1 saturated heterocycles. The zero-order chi connectivity index (χ0) is 21.6. The maximum atomic E-state index is 12.8. The van der Waals surface area contributed by atoms with Gasteiger partial charge in [-0.15, -0.1) is 0 Å². The lowest BCUT2D eigenvalue weighted by molar-refractivity contribution is -0.110. The number of hydroxylamine groups is 2. The Labute approximate surface area is 177 Å². The Bertz CT molecular complexity index is 922. The van der Waals surface area contributed by atoms with E-state index in [0.29, 0.717) is 24.7 Å². The van der Waals surface area contributed by atoms with E-state index in [2.05, 4.69) is 4.72 Å². The van der Waals surface area contributed by atoms with Gasteiger partial charge < -0.3 is 14.2 Å².